The van der Waals surface area contributed by atoms with Crippen LogP contribution in [-0.2, 0) is 6.54 Å². The van der Waals surface area contributed by atoms with Gasteiger partial charge in [0.15, 0.2) is 5.13 Å². The minimum Gasteiger partial charge on any atom is -0.348 e. The van der Waals surface area contributed by atoms with Crippen molar-refractivity contribution in [1.29, 1.82) is 0 Å². The zero-order valence-corrected chi connectivity index (χ0v) is 13.5. The van der Waals surface area contributed by atoms with Crippen molar-refractivity contribution in [2.24, 2.45) is 0 Å². The monoisotopic (exact) mass is 281 g/mol. The van der Waals surface area contributed by atoms with Gasteiger partial charge in [0, 0.05) is 30.4 Å². The molecule has 4 heteroatoms. The Balaban J connectivity index is 2.12. The molecule has 1 heterocycles. The van der Waals surface area contributed by atoms with E-state index in [1.165, 1.54) is 41.4 Å². The van der Waals surface area contributed by atoms with Gasteiger partial charge in [-0.05, 0) is 32.7 Å². The predicted molar refractivity (Wildman–Crippen MR) is 84.2 cm³/mol. The molecule has 1 aliphatic carbocycles. The van der Waals surface area contributed by atoms with Crippen LogP contribution in [0.25, 0.3) is 0 Å². The topological polar surface area (TPSA) is 28.2 Å². The molecule has 0 aromatic carbocycles. The molecule has 1 unspecified atom stereocenters. The Bertz CT molecular complexity index is 398. The molecule has 0 saturated heterocycles. The van der Waals surface area contributed by atoms with E-state index in [1.54, 1.807) is 0 Å². The lowest BCUT2D eigenvalue weighted by atomic mass is 10.2. The molecule has 3 nitrogen and oxygen atoms in total. The van der Waals surface area contributed by atoms with Crippen LogP contribution in [0.1, 0.15) is 62.9 Å². The van der Waals surface area contributed by atoms with E-state index in [9.17, 15) is 0 Å². The van der Waals surface area contributed by atoms with Gasteiger partial charge in [-0.15, -0.1) is 11.3 Å². The van der Waals surface area contributed by atoms with Crippen molar-refractivity contribution in [1.82, 2.24) is 10.3 Å². The van der Waals surface area contributed by atoms with Crippen LogP contribution in [0.4, 0.5) is 5.13 Å². The maximum absolute atomic E-state index is 4.93. The van der Waals surface area contributed by atoms with Crippen molar-refractivity contribution in [2.75, 3.05) is 18.5 Å². The highest BCUT2D eigenvalue weighted by atomic mass is 32.1. The first-order valence-electron chi connectivity index (χ1n) is 7.60. The Morgan fingerprint density at radius 3 is 2.74 bits per heavy atom. The van der Waals surface area contributed by atoms with Crippen LogP contribution in [0.15, 0.2) is 0 Å². The van der Waals surface area contributed by atoms with Crippen molar-refractivity contribution in [3.05, 3.63) is 10.6 Å². The fourth-order valence-corrected chi connectivity index (χ4v) is 3.52. The van der Waals surface area contributed by atoms with E-state index in [-0.39, 0.29) is 0 Å². The van der Waals surface area contributed by atoms with E-state index in [2.05, 4.69) is 38.0 Å². The largest absolute Gasteiger partial charge is 0.348 e. The minimum atomic E-state index is 0.579. The summed E-state index contributed by atoms with van der Waals surface area (Å²) in [6.07, 6.45) is 5.13. The van der Waals surface area contributed by atoms with Crippen LogP contribution in [0.3, 0.4) is 0 Å². The Hall–Kier alpha value is -0.610. The highest BCUT2D eigenvalue weighted by Gasteiger charge is 2.30. The highest BCUT2D eigenvalue weighted by molar-refractivity contribution is 7.15. The molecule has 2 rings (SSSR count). The van der Waals surface area contributed by atoms with Gasteiger partial charge >= 0.3 is 0 Å². The molecule has 108 valence electrons. The Kier molecular flexibility index (Phi) is 5.22. The molecule has 0 radical (unpaired) electrons. The van der Waals surface area contributed by atoms with Gasteiger partial charge in [0.1, 0.15) is 0 Å². The van der Waals surface area contributed by atoms with Crippen molar-refractivity contribution in [2.45, 2.75) is 65.0 Å². The van der Waals surface area contributed by atoms with Crippen molar-refractivity contribution in [3.63, 3.8) is 0 Å². The molecule has 0 spiro atoms. The SMILES string of the molecule is CCCC(C)N(C)c1nc(C2CC2)c(CNCC)s1. The van der Waals surface area contributed by atoms with Gasteiger partial charge in [-0.1, -0.05) is 20.3 Å². The molecular formula is C15H27N3S. The summed E-state index contributed by atoms with van der Waals surface area (Å²) in [4.78, 5) is 8.74. The Morgan fingerprint density at radius 1 is 1.42 bits per heavy atom. The molecule has 1 atom stereocenters. The second kappa shape index (κ2) is 6.71. The van der Waals surface area contributed by atoms with Crippen molar-refractivity contribution >= 4 is 16.5 Å². The fourth-order valence-electron chi connectivity index (χ4n) is 2.34. The third-order valence-electron chi connectivity index (χ3n) is 3.89. The second-order valence-electron chi connectivity index (χ2n) is 5.61. The molecule has 0 bridgehead atoms. The first-order valence-corrected chi connectivity index (χ1v) is 8.42. The molecule has 1 fully saturated rings. The van der Waals surface area contributed by atoms with Gasteiger partial charge in [0.2, 0.25) is 0 Å². The summed E-state index contributed by atoms with van der Waals surface area (Å²) in [5.41, 5.74) is 1.37. The molecule has 0 amide bonds. The first-order chi connectivity index (χ1) is 9.17. The van der Waals surface area contributed by atoms with E-state index in [0.29, 0.717) is 6.04 Å². The first kappa shape index (κ1) is 14.8. The summed E-state index contributed by atoms with van der Waals surface area (Å²) in [6.45, 7) is 8.72. The molecular weight excluding hydrogens is 254 g/mol. The molecule has 1 aromatic rings. The zero-order chi connectivity index (χ0) is 13.8. The van der Waals surface area contributed by atoms with Crippen LogP contribution in [-0.4, -0.2) is 24.6 Å². The summed E-state index contributed by atoms with van der Waals surface area (Å²) >= 11 is 1.88. The van der Waals surface area contributed by atoms with Gasteiger partial charge in [-0.25, -0.2) is 4.98 Å². The van der Waals surface area contributed by atoms with Crippen LogP contribution >= 0.6 is 11.3 Å². The lowest BCUT2D eigenvalue weighted by Gasteiger charge is -2.23. The third-order valence-corrected chi connectivity index (χ3v) is 5.05. The normalized spacial score (nSPS) is 16.6. The van der Waals surface area contributed by atoms with Crippen molar-refractivity contribution < 1.29 is 0 Å². The summed E-state index contributed by atoms with van der Waals surface area (Å²) in [5, 5.41) is 4.65. The number of hydrogen-bond donors (Lipinski definition) is 1. The zero-order valence-electron chi connectivity index (χ0n) is 12.7. The van der Waals surface area contributed by atoms with Gasteiger partial charge < -0.3 is 10.2 Å². The fraction of sp³-hybridized carbons (Fsp3) is 0.800. The smallest absolute Gasteiger partial charge is 0.185 e. The number of anilines is 1. The highest BCUT2D eigenvalue weighted by Crippen LogP contribution is 2.44. The maximum atomic E-state index is 4.93. The van der Waals surface area contributed by atoms with Crippen LogP contribution in [0, 0.1) is 0 Å². The average molecular weight is 281 g/mol. The molecule has 19 heavy (non-hydrogen) atoms. The van der Waals surface area contributed by atoms with Gasteiger partial charge in [-0.3, -0.25) is 0 Å². The third kappa shape index (κ3) is 3.69. The molecule has 1 aliphatic rings. The molecule has 1 aromatic heterocycles. The lowest BCUT2D eigenvalue weighted by molar-refractivity contribution is 0.614. The van der Waals surface area contributed by atoms with E-state index in [1.807, 2.05) is 11.3 Å². The Labute approximate surface area is 121 Å². The lowest BCUT2D eigenvalue weighted by Crippen LogP contribution is -2.28. The summed E-state index contributed by atoms with van der Waals surface area (Å²) in [6, 6.07) is 0.579. The second-order valence-corrected chi connectivity index (χ2v) is 6.67. The Morgan fingerprint density at radius 2 is 2.16 bits per heavy atom. The summed E-state index contributed by atoms with van der Waals surface area (Å²) in [7, 11) is 2.19. The van der Waals surface area contributed by atoms with Gasteiger partial charge in [-0.2, -0.15) is 0 Å². The number of rotatable bonds is 8. The van der Waals surface area contributed by atoms with Crippen LogP contribution < -0.4 is 10.2 Å². The number of hydrogen-bond acceptors (Lipinski definition) is 4. The maximum Gasteiger partial charge on any atom is 0.185 e. The van der Waals surface area contributed by atoms with Gasteiger partial charge in [0.05, 0.1) is 5.69 Å². The van der Waals surface area contributed by atoms with Gasteiger partial charge in [0.25, 0.3) is 0 Å². The molecule has 1 saturated carbocycles. The standard InChI is InChI=1S/C15H27N3S/c1-5-7-11(3)18(4)15-17-14(12-8-9-12)13(19-15)10-16-6-2/h11-12,16H,5-10H2,1-4H3. The molecule has 0 aliphatic heterocycles. The van der Waals surface area contributed by atoms with E-state index in [4.69, 9.17) is 4.98 Å². The number of thiazole rings is 1. The van der Waals surface area contributed by atoms with E-state index < -0.39 is 0 Å². The van der Waals surface area contributed by atoms with Crippen molar-refractivity contribution in [3.8, 4) is 0 Å². The van der Waals surface area contributed by atoms with E-state index >= 15 is 0 Å². The van der Waals surface area contributed by atoms with Crippen LogP contribution in [0.2, 0.25) is 0 Å². The van der Waals surface area contributed by atoms with Crippen LogP contribution in [0.5, 0.6) is 0 Å². The average Bonchev–Trinajstić information content (AvgIpc) is 3.16. The minimum absolute atomic E-state index is 0.579. The quantitative estimate of drug-likeness (QED) is 0.786. The predicted octanol–water partition coefficient (Wildman–Crippen LogP) is 3.75. The number of aromatic nitrogens is 1. The van der Waals surface area contributed by atoms with E-state index in [0.717, 1.165) is 19.0 Å². The molecule has 1 N–H and O–H groups in total. The number of nitrogens with zero attached hydrogens (tertiary/aromatic N) is 2. The number of nitrogens with one attached hydrogen (secondary N) is 1. The summed E-state index contributed by atoms with van der Waals surface area (Å²) < 4.78 is 0. The summed E-state index contributed by atoms with van der Waals surface area (Å²) in [5.74, 6) is 0.744.